The Morgan fingerprint density at radius 3 is 2.59 bits per heavy atom. The Bertz CT molecular complexity index is 1890. The van der Waals surface area contributed by atoms with Crippen molar-refractivity contribution < 1.29 is 38.4 Å². The zero-order chi connectivity index (χ0) is 32.8. The Balaban J connectivity index is 1.40. The predicted molar refractivity (Wildman–Crippen MR) is 161 cm³/mol. The molecule has 5 rings (SSSR count). The van der Waals surface area contributed by atoms with Crippen molar-refractivity contribution in [2.24, 2.45) is 5.11 Å². The van der Waals surface area contributed by atoms with Crippen molar-refractivity contribution in [3.8, 4) is 5.75 Å². The maximum absolute atomic E-state index is 13.7. The van der Waals surface area contributed by atoms with E-state index in [1.54, 1.807) is 48.5 Å². The molecule has 1 saturated heterocycles. The van der Waals surface area contributed by atoms with Crippen molar-refractivity contribution in [2.45, 2.75) is 43.7 Å². The number of nitrogens with zero attached hydrogens (tertiary/aromatic N) is 5. The number of hydrogen-bond donors (Lipinski definition) is 3. The van der Waals surface area contributed by atoms with Crippen LogP contribution in [0.25, 0.3) is 21.2 Å². The van der Waals surface area contributed by atoms with Gasteiger partial charge in [0.25, 0.3) is 5.56 Å². The number of carbonyl (C=O) groups excluding carboxylic acids is 1. The Labute approximate surface area is 260 Å². The first-order valence-electron chi connectivity index (χ1n) is 13.8. The van der Waals surface area contributed by atoms with Crippen molar-refractivity contribution in [3.05, 3.63) is 122 Å². The van der Waals surface area contributed by atoms with Gasteiger partial charge in [0.15, 0.2) is 18.0 Å². The summed E-state index contributed by atoms with van der Waals surface area (Å²) >= 11 is 0. The highest BCUT2D eigenvalue weighted by Crippen LogP contribution is 2.42. The molecule has 3 aromatic carbocycles. The van der Waals surface area contributed by atoms with Crippen LogP contribution >= 0.6 is 8.18 Å². The number of hydroxylamine groups is 1. The summed E-state index contributed by atoms with van der Waals surface area (Å²) in [6, 6.07) is 20.8. The smallest absolute Gasteiger partial charge is 0.459 e. The standard InChI is InChI=1S/C29H27N6O10P/c1-18(27(39)42-16-19-8-3-2-4-9-19)35(45-22-13-7-11-20-10-5-6-12-21(20)22)46(41)43-17-29(32-33-30)25(38)24(37)26(44-29)34-15-14-23(36)31-28(34)40/h2-15,18,24-26,37-38H,16-17H2,1H3/p+1/t18?,24-,25+,26-,29-/m1/s1. The quantitative estimate of drug-likeness (QED) is 0.0505. The molecule has 0 amide bonds. The number of azide groups is 1. The van der Waals surface area contributed by atoms with Crippen LogP contribution in [0.1, 0.15) is 18.7 Å². The number of esters is 1. The van der Waals surface area contributed by atoms with E-state index in [1.165, 1.54) is 6.92 Å². The van der Waals surface area contributed by atoms with E-state index in [9.17, 15) is 34.7 Å². The molecule has 3 N–H and O–H groups in total. The number of aliphatic hydroxyl groups is 2. The largest absolute Gasteiger partial charge is 0.653 e. The molecule has 1 fully saturated rings. The van der Waals surface area contributed by atoms with Crippen molar-refractivity contribution >= 4 is 24.9 Å². The zero-order valence-electron chi connectivity index (χ0n) is 24.2. The van der Waals surface area contributed by atoms with Gasteiger partial charge in [-0.05, 0) is 34.0 Å². The van der Waals surface area contributed by atoms with Crippen LogP contribution < -0.4 is 16.1 Å². The van der Waals surface area contributed by atoms with Crippen molar-refractivity contribution in [2.75, 3.05) is 6.61 Å². The maximum Gasteiger partial charge on any atom is 0.653 e. The summed E-state index contributed by atoms with van der Waals surface area (Å²) in [5, 5.41) is 26.5. The van der Waals surface area contributed by atoms with Gasteiger partial charge in [0, 0.05) is 22.6 Å². The first-order chi connectivity index (χ1) is 22.1. The van der Waals surface area contributed by atoms with E-state index in [4.69, 9.17) is 18.8 Å². The lowest BCUT2D eigenvalue weighted by molar-refractivity contribution is -0.157. The van der Waals surface area contributed by atoms with Crippen LogP contribution in [0.5, 0.6) is 5.75 Å². The average molecular weight is 652 g/mol. The van der Waals surface area contributed by atoms with Gasteiger partial charge >= 0.3 is 19.8 Å². The number of fused-ring (bicyclic) bond motifs is 1. The fourth-order valence-corrected chi connectivity index (χ4v) is 5.64. The number of aromatic amines is 1. The molecule has 4 aromatic rings. The van der Waals surface area contributed by atoms with Gasteiger partial charge in [-0.15, -0.1) is 4.52 Å². The third-order valence-corrected chi connectivity index (χ3v) is 8.22. The number of rotatable bonds is 12. The summed E-state index contributed by atoms with van der Waals surface area (Å²) in [7, 11) is -3.14. The van der Waals surface area contributed by atoms with Crippen molar-refractivity contribution in [3.63, 3.8) is 0 Å². The van der Waals surface area contributed by atoms with E-state index in [2.05, 4.69) is 10.0 Å². The average Bonchev–Trinajstić information content (AvgIpc) is 3.30. The number of H-pyrrole nitrogens is 1. The summed E-state index contributed by atoms with van der Waals surface area (Å²) in [5.74, 6) is -0.589. The van der Waals surface area contributed by atoms with Gasteiger partial charge in [0.2, 0.25) is 5.72 Å². The second-order valence-electron chi connectivity index (χ2n) is 10.1. The van der Waals surface area contributed by atoms with Gasteiger partial charge in [-0.25, -0.2) is 4.79 Å². The fraction of sp³-hybridized carbons (Fsp3) is 0.276. The molecular formula is C29H28N6O10P+. The molecule has 1 aromatic heterocycles. The molecule has 2 heterocycles. The summed E-state index contributed by atoms with van der Waals surface area (Å²) in [4.78, 5) is 48.4. The predicted octanol–water partition coefficient (Wildman–Crippen LogP) is 3.05. The van der Waals surface area contributed by atoms with Gasteiger partial charge in [-0.2, -0.15) is 0 Å². The van der Waals surface area contributed by atoms with Crippen LogP contribution in [-0.2, 0) is 30.0 Å². The maximum atomic E-state index is 13.7. The molecule has 0 radical (unpaired) electrons. The minimum absolute atomic E-state index is 0.0762. The van der Waals surface area contributed by atoms with E-state index >= 15 is 0 Å². The Morgan fingerprint density at radius 2 is 1.85 bits per heavy atom. The molecule has 16 nitrogen and oxygen atoms in total. The van der Waals surface area contributed by atoms with Gasteiger partial charge < -0.3 is 24.5 Å². The zero-order valence-corrected chi connectivity index (χ0v) is 25.0. The monoisotopic (exact) mass is 651 g/mol. The third kappa shape index (κ3) is 6.83. The molecule has 2 unspecified atom stereocenters. The van der Waals surface area contributed by atoms with E-state index in [0.29, 0.717) is 10.9 Å². The lowest BCUT2D eigenvalue weighted by atomic mass is 10.1. The molecule has 17 heteroatoms. The molecule has 1 aliphatic rings. The highest BCUT2D eigenvalue weighted by atomic mass is 31.1. The van der Waals surface area contributed by atoms with E-state index in [-0.39, 0.29) is 12.4 Å². The topological polar surface area (TPSA) is 218 Å². The number of benzene rings is 3. The van der Waals surface area contributed by atoms with Crippen LogP contribution in [0.4, 0.5) is 0 Å². The van der Waals surface area contributed by atoms with Gasteiger partial charge in [-0.1, -0.05) is 71.8 Å². The summed E-state index contributed by atoms with van der Waals surface area (Å²) in [6.07, 6.45) is -4.47. The minimum Gasteiger partial charge on any atom is -0.459 e. The number of hydrogen-bond acceptors (Lipinski definition) is 11. The SMILES string of the molecule is CC(C(=O)OCc1ccccc1)N(Oc1cccc2ccccc12)[P+](=O)OC[C@@]1(N=[N+]=[N-])O[C@@H](n2ccc(=O)[nH]c2=O)[C@H](O)[C@@H]1O. The van der Waals surface area contributed by atoms with Crippen molar-refractivity contribution in [1.82, 2.24) is 14.4 Å². The lowest BCUT2D eigenvalue weighted by Crippen LogP contribution is -2.45. The molecule has 0 saturated carbocycles. The Kier molecular flexibility index (Phi) is 9.90. The summed E-state index contributed by atoms with van der Waals surface area (Å²) in [5.41, 5.74) is 5.88. The summed E-state index contributed by atoms with van der Waals surface area (Å²) in [6.45, 7) is 0.370. The van der Waals surface area contributed by atoms with E-state index in [1.807, 2.05) is 29.2 Å². The molecule has 0 spiro atoms. The number of aliphatic hydroxyl groups excluding tert-OH is 2. The number of nitrogens with one attached hydrogen (secondary N) is 1. The second kappa shape index (κ2) is 14.0. The molecule has 0 aliphatic carbocycles. The minimum atomic E-state index is -3.14. The number of carbonyl (C=O) groups is 1. The van der Waals surface area contributed by atoms with Gasteiger partial charge in [0.05, 0.1) is 0 Å². The molecular weight excluding hydrogens is 623 g/mol. The highest BCUT2D eigenvalue weighted by molar-refractivity contribution is 7.36. The Hall–Kier alpha value is -4.92. The molecule has 6 atom stereocenters. The second-order valence-corrected chi connectivity index (χ2v) is 11.3. The van der Waals surface area contributed by atoms with Crippen LogP contribution in [0.2, 0.25) is 0 Å². The summed E-state index contributed by atoms with van der Waals surface area (Å²) < 4.78 is 31.1. The highest BCUT2D eigenvalue weighted by Gasteiger charge is 2.57. The number of aromatic nitrogens is 2. The fourth-order valence-electron chi connectivity index (χ4n) is 4.70. The van der Waals surface area contributed by atoms with E-state index < -0.39 is 62.2 Å². The van der Waals surface area contributed by atoms with Crippen LogP contribution in [-0.4, -0.2) is 61.1 Å². The van der Waals surface area contributed by atoms with Crippen LogP contribution in [0.3, 0.4) is 0 Å². The first kappa shape index (κ1) is 32.5. The van der Waals surface area contributed by atoms with Crippen LogP contribution in [0, 0.1) is 0 Å². The van der Waals surface area contributed by atoms with Crippen molar-refractivity contribution in [1.29, 1.82) is 0 Å². The molecule has 238 valence electrons. The normalized spacial score (nSPS) is 21.8. The van der Waals surface area contributed by atoms with Gasteiger partial charge in [0.1, 0.15) is 30.3 Å². The number of ether oxygens (including phenoxy) is 2. The molecule has 0 bridgehead atoms. The molecule has 46 heavy (non-hydrogen) atoms. The first-order valence-corrected chi connectivity index (χ1v) is 14.9. The lowest BCUT2D eigenvalue weighted by Gasteiger charge is -2.24. The van der Waals surface area contributed by atoms with Gasteiger partial charge in [-0.3, -0.25) is 19.1 Å². The Morgan fingerprint density at radius 1 is 1.13 bits per heavy atom. The third-order valence-electron chi connectivity index (χ3n) is 7.12. The van der Waals surface area contributed by atoms with Crippen LogP contribution in [0.15, 0.2) is 99.8 Å². The van der Waals surface area contributed by atoms with E-state index in [0.717, 1.165) is 27.1 Å². The molecule has 1 aliphatic heterocycles.